The third kappa shape index (κ3) is 6.24. The van der Waals surface area contributed by atoms with E-state index in [1.54, 1.807) is 0 Å². The van der Waals surface area contributed by atoms with Crippen LogP contribution in [0.2, 0.25) is 10.0 Å². The van der Waals surface area contributed by atoms with Crippen molar-refractivity contribution in [2.75, 3.05) is 16.6 Å². The van der Waals surface area contributed by atoms with Gasteiger partial charge in [0, 0.05) is 15.7 Å². The SMILES string of the molecule is O=C(Nc1cccc(C(CO)[SH](=O)=O)c1)c1cc(Cl)ccc1NS(=O)(=O)c1ccc(Cl)cc1. The number of aliphatic hydroxyl groups is 1. The van der Waals surface area contributed by atoms with Gasteiger partial charge < -0.3 is 10.4 Å². The van der Waals surface area contributed by atoms with Crippen molar-refractivity contribution >= 4 is 61.2 Å². The van der Waals surface area contributed by atoms with Crippen molar-refractivity contribution in [3.8, 4) is 0 Å². The molecule has 0 aliphatic heterocycles. The molecule has 1 atom stereocenters. The van der Waals surface area contributed by atoms with E-state index < -0.39 is 38.5 Å². The normalized spacial score (nSPS) is 12.4. The number of sulfonamides is 1. The van der Waals surface area contributed by atoms with Crippen LogP contribution in [-0.2, 0) is 20.7 Å². The maximum atomic E-state index is 12.9. The summed E-state index contributed by atoms with van der Waals surface area (Å²) in [6.45, 7) is -0.610. The molecule has 1 amide bonds. The van der Waals surface area contributed by atoms with E-state index in [9.17, 15) is 26.7 Å². The molecule has 8 nitrogen and oxygen atoms in total. The van der Waals surface area contributed by atoms with Crippen LogP contribution in [0.3, 0.4) is 0 Å². The number of thiol groups is 1. The summed E-state index contributed by atoms with van der Waals surface area (Å²) in [5.41, 5.74) is 0.471. The Bertz CT molecular complexity index is 1350. The third-order valence-corrected chi connectivity index (χ3v) is 7.39. The Kier molecular flexibility index (Phi) is 7.98. The Balaban J connectivity index is 1.90. The first-order valence-electron chi connectivity index (χ1n) is 9.34. The Morgan fingerprint density at radius 3 is 2.27 bits per heavy atom. The number of anilines is 2. The molecule has 33 heavy (non-hydrogen) atoms. The minimum Gasteiger partial charge on any atom is -0.395 e. The standard InChI is InChI=1S/C21H18Cl2N2O6S2/c22-14-4-7-17(8-5-14)33(30,31)25-19-9-6-15(23)11-18(19)21(27)24-16-3-1-2-13(10-16)20(12-26)32(28)29/h1-11,20,25-26,32H,12H2,(H,24,27). The van der Waals surface area contributed by atoms with Crippen LogP contribution in [-0.4, -0.2) is 34.5 Å². The zero-order chi connectivity index (χ0) is 24.2. The van der Waals surface area contributed by atoms with Gasteiger partial charge in [-0.15, -0.1) is 0 Å². The monoisotopic (exact) mass is 528 g/mol. The quantitative estimate of drug-likeness (QED) is 0.330. The van der Waals surface area contributed by atoms with E-state index in [4.69, 9.17) is 23.2 Å². The highest BCUT2D eigenvalue weighted by atomic mass is 35.5. The van der Waals surface area contributed by atoms with E-state index in [0.29, 0.717) is 10.6 Å². The molecule has 0 aliphatic rings. The maximum absolute atomic E-state index is 12.9. The fourth-order valence-corrected chi connectivity index (χ4v) is 4.84. The van der Waals surface area contributed by atoms with Gasteiger partial charge in [0.15, 0.2) is 0 Å². The van der Waals surface area contributed by atoms with Crippen molar-refractivity contribution in [3.05, 3.63) is 87.9 Å². The zero-order valence-electron chi connectivity index (χ0n) is 16.7. The van der Waals surface area contributed by atoms with E-state index in [0.717, 1.165) is 0 Å². The molecule has 0 aliphatic carbocycles. The number of carbonyl (C=O) groups excluding carboxylic acids is 1. The molecule has 1 unspecified atom stereocenters. The fraction of sp³-hybridized carbons (Fsp3) is 0.0952. The van der Waals surface area contributed by atoms with E-state index in [-0.39, 0.29) is 26.9 Å². The molecule has 0 radical (unpaired) electrons. The lowest BCUT2D eigenvalue weighted by Gasteiger charge is -2.14. The molecule has 0 spiro atoms. The number of rotatable bonds is 8. The molecule has 0 saturated carbocycles. The molecule has 3 rings (SSSR count). The van der Waals surface area contributed by atoms with Crippen molar-refractivity contribution in [2.45, 2.75) is 10.1 Å². The predicted octanol–water partition coefficient (Wildman–Crippen LogP) is 3.69. The van der Waals surface area contributed by atoms with Gasteiger partial charge in [-0.25, -0.2) is 16.8 Å². The molecule has 3 aromatic rings. The number of aliphatic hydroxyl groups excluding tert-OH is 1. The molecule has 0 aromatic heterocycles. The Morgan fingerprint density at radius 2 is 1.64 bits per heavy atom. The van der Waals surface area contributed by atoms with Crippen molar-refractivity contribution in [1.82, 2.24) is 0 Å². The average Bonchev–Trinajstić information content (AvgIpc) is 2.75. The number of hydrogen-bond donors (Lipinski definition) is 4. The molecule has 0 fully saturated rings. The van der Waals surface area contributed by atoms with Gasteiger partial charge in [-0.2, -0.15) is 0 Å². The smallest absolute Gasteiger partial charge is 0.261 e. The van der Waals surface area contributed by atoms with E-state index in [1.165, 1.54) is 66.7 Å². The molecule has 3 aromatic carbocycles. The lowest BCUT2D eigenvalue weighted by Crippen LogP contribution is -2.19. The Hall–Kier alpha value is -2.63. The van der Waals surface area contributed by atoms with Gasteiger partial charge in [-0.3, -0.25) is 9.52 Å². The van der Waals surface area contributed by atoms with E-state index >= 15 is 0 Å². The first kappa shape index (κ1) is 25.0. The second kappa shape index (κ2) is 10.5. The second-order valence-electron chi connectivity index (χ2n) is 6.81. The van der Waals surface area contributed by atoms with Crippen LogP contribution in [0.5, 0.6) is 0 Å². The first-order chi connectivity index (χ1) is 15.6. The minimum absolute atomic E-state index is 0.0149. The highest BCUT2D eigenvalue weighted by Crippen LogP contribution is 2.26. The van der Waals surface area contributed by atoms with Gasteiger partial charge in [0.05, 0.1) is 22.8 Å². The third-order valence-electron chi connectivity index (χ3n) is 4.55. The number of benzene rings is 3. The largest absolute Gasteiger partial charge is 0.395 e. The summed E-state index contributed by atoms with van der Waals surface area (Å²) in [4.78, 5) is 12.9. The average molecular weight is 529 g/mol. The van der Waals surface area contributed by atoms with Crippen LogP contribution in [0.4, 0.5) is 11.4 Å². The summed E-state index contributed by atoms with van der Waals surface area (Å²) >= 11 is 11.8. The van der Waals surface area contributed by atoms with Crippen LogP contribution in [0.15, 0.2) is 71.6 Å². The van der Waals surface area contributed by atoms with Gasteiger partial charge in [0.1, 0.15) is 16.0 Å². The van der Waals surface area contributed by atoms with Crippen molar-refractivity contribution in [3.63, 3.8) is 0 Å². The lowest BCUT2D eigenvalue weighted by molar-refractivity contribution is 0.102. The molecule has 174 valence electrons. The highest BCUT2D eigenvalue weighted by Gasteiger charge is 2.20. The Morgan fingerprint density at radius 1 is 0.970 bits per heavy atom. The minimum atomic E-state index is -4.03. The van der Waals surface area contributed by atoms with E-state index in [2.05, 4.69) is 10.0 Å². The van der Waals surface area contributed by atoms with Crippen LogP contribution >= 0.6 is 23.2 Å². The second-order valence-corrected chi connectivity index (χ2v) is 10.6. The van der Waals surface area contributed by atoms with Crippen LogP contribution in [0.25, 0.3) is 0 Å². The topological polar surface area (TPSA) is 130 Å². The van der Waals surface area contributed by atoms with Crippen LogP contribution < -0.4 is 10.0 Å². The number of nitrogens with one attached hydrogen (secondary N) is 2. The van der Waals surface area contributed by atoms with E-state index in [1.807, 2.05) is 0 Å². The fourth-order valence-electron chi connectivity index (χ4n) is 2.93. The predicted molar refractivity (Wildman–Crippen MR) is 128 cm³/mol. The summed E-state index contributed by atoms with van der Waals surface area (Å²) in [5, 5.41) is 11.4. The van der Waals surface area contributed by atoms with Gasteiger partial charge in [-0.1, -0.05) is 35.3 Å². The maximum Gasteiger partial charge on any atom is 0.261 e. The molecule has 3 N–H and O–H groups in total. The Labute approximate surface area is 202 Å². The molecule has 0 bridgehead atoms. The summed E-state index contributed by atoms with van der Waals surface area (Å²) < 4.78 is 50.5. The van der Waals surface area contributed by atoms with Gasteiger partial charge in [-0.05, 0) is 60.2 Å². The number of carbonyl (C=O) groups is 1. The van der Waals surface area contributed by atoms with Crippen LogP contribution in [0, 0.1) is 0 Å². The molecular formula is C21H18Cl2N2O6S2. The number of amides is 1. The van der Waals surface area contributed by atoms with Gasteiger partial charge >= 0.3 is 0 Å². The lowest BCUT2D eigenvalue weighted by atomic mass is 10.1. The zero-order valence-corrected chi connectivity index (χ0v) is 20.0. The van der Waals surface area contributed by atoms with Crippen LogP contribution in [0.1, 0.15) is 21.2 Å². The number of halogens is 2. The summed E-state index contributed by atoms with van der Waals surface area (Å²) in [6, 6.07) is 15.5. The molecule has 12 heteroatoms. The molecular weight excluding hydrogens is 511 g/mol. The van der Waals surface area contributed by atoms with Gasteiger partial charge in [0.2, 0.25) is 0 Å². The van der Waals surface area contributed by atoms with Crippen molar-refractivity contribution < 1.29 is 26.7 Å². The van der Waals surface area contributed by atoms with Crippen molar-refractivity contribution in [1.29, 1.82) is 0 Å². The number of hydrogen-bond acceptors (Lipinski definition) is 6. The summed E-state index contributed by atoms with van der Waals surface area (Å²) in [5.74, 6) is -0.685. The van der Waals surface area contributed by atoms with Gasteiger partial charge in [0.25, 0.3) is 15.9 Å². The molecule has 0 heterocycles. The summed E-state index contributed by atoms with van der Waals surface area (Å²) in [7, 11) is -6.96. The summed E-state index contributed by atoms with van der Waals surface area (Å²) in [6.07, 6.45) is 0. The van der Waals surface area contributed by atoms with Crippen molar-refractivity contribution in [2.24, 2.45) is 0 Å². The molecule has 0 saturated heterocycles. The highest BCUT2D eigenvalue weighted by molar-refractivity contribution is 7.92. The first-order valence-corrected chi connectivity index (χ1v) is 12.8.